The monoisotopic (exact) mass is 777 g/mol. The van der Waals surface area contributed by atoms with Crippen LogP contribution in [0, 0.1) is 5.92 Å². The van der Waals surface area contributed by atoms with Crippen LogP contribution in [0.2, 0.25) is 0 Å². The first-order chi connectivity index (χ1) is 27.0. The van der Waals surface area contributed by atoms with Crippen molar-refractivity contribution >= 4 is 12.6 Å². The highest BCUT2D eigenvalue weighted by molar-refractivity contribution is 5.80. The molecule has 0 rings (SSSR count). The lowest BCUT2D eigenvalue weighted by Gasteiger charge is -2.22. The van der Waals surface area contributed by atoms with Crippen molar-refractivity contribution in [1.29, 1.82) is 0 Å². The lowest BCUT2D eigenvalue weighted by atomic mass is 9.96. The smallest absolute Gasteiger partial charge is 0.123 e. The molecule has 0 spiro atoms. The number of unbranched alkanes of at least 4 members (excludes halogenated alkanes) is 29. The van der Waals surface area contributed by atoms with E-state index in [0.717, 1.165) is 18.9 Å². The van der Waals surface area contributed by atoms with E-state index in [-0.39, 0.29) is 0 Å². The Balaban J connectivity index is -0.000000541. The Labute approximate surface area is 350 Å². The molecule has 2 N–H and O–H groups in total. The molecule has 0 aromatic rings. The molecule has 1 atom stereocenters. The summed E-state index contributed by atoms with van der Waals surface area (Å²) in [5, 5.41) is 7.45. The molecule has 0 radical (unpaired) electrons. The average Bonchev–Trinajstić information content (AvgIpc) is 3.21. The van der Waals surface area contributed by atoms with Gasteiger partial charge in [0.1, 0.15) is 5.84 Å². The maximum atomic E-state index is 5.93. The Bertz CT molecular complexity index is 678. The molecular weight excluding hydrogens is 669 g/mol. The summed E-state index contributed by atoms with van der Waals surface area (Å²) >= 11 is 0. The fourth-order valence-corrected chi connectivity index (χ4v) is 7.26. The Hall–Kier alpha value is -1.16. The molecule has 0 saturated heterocycles. The SMILES string of the molecule is C=C.C=N/N=C(\N)CCN(CCCCCCCC)CCCCCCCCCCCCCCCCCCC.CC.CCCCCCCCC(C)CCCCCC. The third-order valence-corrected chi connectivity index (χ3v) is 10.9. The number of nitrogens with two attached hydrogens (primary N) is 1. The van der Waals surface area contributed by atoms with Gasteiger partial charge in [-0.1, -0.05) is 260 Å². The van der Waals surface area contributed by atoms with Crippen molar-refractivity contribution in [3.8, 4) is 0 Å². The van der Waals surface area contributed by atoms with Crippen molar-refractivity contribution in [3.05, 3.63) is 13.2 Å². The molecule has 0 saturated carbocycles. The normalized spacial score (nSPS) is 11.6. The molecule has 0 amide bonds. The zero-order valence-corrected chi connectivity index (χ0v) is 39.7. The summed E-state index contributed by atoms with van der Waals surface area (Å²) in [5.41, 5.74) is 5.93. The molecule has 0 bridgehead atoms. The second kappa shape index (κ2) is 59.5. The van der Waals surface area contributed by atoms with Gasteiger partial charge < -0.3 is 10.6 Å². The standard InChI is InChI=1S/C31H64N4.C16H34.C2H6.C2H4/c1-4-6-8-10-12-13-14-15-16-17-18-19-20-21-22-24-26-29-35(30-27-31(32)34-33-3)28-25-23-11-9-7-5-2;1-4-6-8-10-11-13-15-16(3)14-12-9-7-5-2;2*1-2/h3-30H2,1-2H3,(H2,32,34);16H,4-15H2,1-3H3;1-2H3;1-2H2. The maximum Gasteiger partial charge on any atom is 0.123 e. The third kappa shape index (κ3) is 59.7. The minimum Gasteiger partial charge on any atom is -0.386 e. The second-order valence-electron chi connectivity index (χ2n) is 16.3. The zero-order chi connectivity index (χ0) is 41.7. The van der Waals surface area contributed by atoms with Crippen LogP contribution in [0.4, 0.5) is 0 Å². The molecule has 0 fully saturated rings. The zero-order valence-electron chi connectivity index (χ0n) is 39.7. The topological polar surface area (TPSA) is 54.0 Å². The molecular formula is C51H108N4. The summed E-state index contributed by atoms with van der Waals surface area (Å²) in [6, 6.07) is 0. The summed E-state index contributed by atoms with van der Waals surface area (Å²) in [6.07, 6.45) is 50.5. The first-order valence-electron chi connectivity index (χ1n) is 25.1. The molecule has 4 nitrogen and oxygen atoms in total. The van der Waals surface area contributed by atoms with Crippen molar-refractivity contribution in [2.75, 3.05) is 19.6 Å². The van der Waals surface area contributed by atoms with Crippen LogP contribution in [0.1, 0.15) is 280 Å². The summed E-state index contributed by atoms with van der Waals surface area (Å²) in [7, 11) is 0. The minimum atomic E-state index is 0.607. The lowest BCUT2D eigenvalue weighted by Crippen LogP contribution is -2.30. The van der Waals surface area contributed by atoms with Crippen LogP contribution in [0.15, 0.2) is 23.4 Å². The molecule has 4 heteroatoms. The number of amidine groups is 1. The van der Waals surface area contributed by atoms with Gasteiger partial charge in [0.15, 0.2) is 0 Å². The quantitative estimate of drug-likeness (QED) is 0.0221. The molecule has 0 aliphatic heterocycles. The Morgan fingerprint density at radius 3 is 0.982 bits per heavy atom. The van der Waals surface area contributed by atoms with E-state index in [1.54, 1.807) is 0 Å². The summed E-state index contributed by atoms with van der Waals surface area (Å²) in [6.45, 7) is 28.4. The van der Waals surface area contributed by atoms with Gasteiger partial charge in [-0.2, -0.15) is 5.10 Å². The predicted molar refractivity (Wildman–Crippen MR) is 258 cm³/mol. The number of rotatable bonds is 41. The van der Waals surface area contributed by atoms with E-state index in [4.69, 9.17) is 5.73 Å². The van der Waals surface area contributed by atoms with E-state index >= 15 is 0 Å². The Morgan fingerprint density at radius 1 is 0.436 bits per heavy atom. The van der Waals surface area contributed by atoms with Crippen LogP contribution >= 0.6 is 0 Å². The number of hydrogen-bond acceptors (Lipinski definition) is 3. The Kier molecular flexibility index (Phi) is 65.5. The molecule has 0 aromatic heterocycles. The minimum absolute atomic E-state index is 0.607. The van der Waals surface area contributed by atoms with Gasteiger partial charge >= 0.3 is 0 Å². The van der Waals surface area contributed by atoms with Gasteiger partial charge in [0, 0.05) is 19.7 Å². The molecule has 0 aliphatic carbocycles. The van der Waals surface area contributed by atoms with E-state index in [1.807, 2.05) is 13.8 Å². The summed E-state index contributed by atoms with van der Waals surface area (Å²) in [4.78, 5) is 2.59. The fourth-order valence-electron chi connectivity index (χ4n) is 7.26. The van der Waals surface area contributed by atoms with Crippen LogP contribution in [0.25, 0.3) is 0 Å². The van der Waals surface area contributed by atoms with Crippen molar-refractivity contribution in [2.24, 2.45) is 21.9 Å². The highest BCUT2D eigenvalue weighted by Crippen LogP contribution is 2.18. The van der Waals surface area contributed by atoms with Crippen LogP contribution in [-0.4, -0.2) is 37.1 Å². The van der Waals surface area contributed by atoms with Gasteiger partial charge in [-0.3, -0.25) is 0 Å². The van der Waals surface area contributed by atoms with E-state index in [2.05, 4.69) is 69.6 Å². The summed E-state index contributed by atoms with van der Waals surface area (Å²) < 4.78 is 0. The van der Waals surface area contributed by atoms with Gasteiger partial charge in [0.05, 0.1) is 0 Å². The summed E-state index contributed by atoms with van der Waals surface area (Å²) in [5.74, 6) is 1.58. The van der Waals surface area contributed by atoms with Crippen LogP contribution in [0.3, 0.4) is 0 Å². The van der Waals surface area contributed by atoms with Crippen LogP contribution in [0.5, 0.6) is 0 Å². The van der Waals surface area contributed by atoms with Crippen LogP contribution in [-0.2, 0) is 0 Å². The van der Waals surface area contributed by atoms with Crippen molar-refractivity contribution in [1.82, 2.24) is 4.90 Å². The third-order valence-electron chi connectivity index (χ3n) is 10.9. The average molecular weight is 777 g/mol. The molecule has 0 heterocycles. The van der Waals surface area contributed by atoms with E-state index in [0.29, 0.717) is 5.84 Å². The van der Waals surface area contributed by atoms with Gasteiger partial charge in [0.25, 0.3) is 0 Å². The van der Waals surface area contributed by atoms with Gasteiger partial charge in [-0.25, -0.2) is 0 Å². The van der Waals surface area contributed by atoms with E-state index < -0.39 is 0 Å². The van der Waals surface area contributed by atoms with Crippen molar-refractivity contribution in [2.45, 2.75) is 280 Å². The molecule has 55 heavy (non-hydrogen) atoms. The second-order valence-corrected chi connectivity index (χ2v) is 16.3. The molecule has 0 aromatic carbocycles. The first-order valence-corrected chi connectivity index (χ1v) is 25.1. The van der Waals surface area contributed by atoms with Crippen LogP contribution < -0.4 is 5.73 Å². The lowest BCUT2D eigenvalue weighted by molar-refractivity contribution is 0.267. The highest BCUT2D eigenvalue weighted by atomic mass is 15.2. The van der Waals surface area contributed by atoms with E-state index in [9.17, 15) is 0 Å². The van der Waals surface area contributed by atoms with Gasteiger partial charge in [0.2, 0.25) is 0 Å². The largest absolute Gasteiger partial charge is 0.386 e. The predicted octanol–water partition coefficient (Wildman–Crippen LogP) is 17.8. The molecule has 332 valence electrons. The number of nitrogens with zero attached hydrogens (tertiary/aromatic N) is 3. The Morgan fingerprint density at radius 2 is 0.691 bits per heavy atom. The van der Waals surface area contributed by atoms with E-state index in [1.165, 1.54) is 238 Å². The van der Waals surface area contributed by atoms with Crippen molar-refractivity contribution < 1.29 is 0 Å². The highest BCUT2D eigenvalue weighted by Gasteiger charge is 2.07. The maximum absolute atomic E-state index is 5.93. The number of hydrogen-bond donors (Lipinski definition) is 1. The van der Waals surface area contributed by atoms with Gasteiger partial charge in [-0.15, -0.1) is 18.3 Å². The fraction of sp³-hybridized carbons (Fsp3) is 0.922. The first kappa shape index (κ1) is 60.5. The van der Waals surface area contributed by atoms with Crippen molar-refractivity contribution in [3.63, 3.8) is 0 Å². The molecule has 1 unspecified atom stereocenters. The molecule has 0 aliphatic rings. The van der Waals surface area contributed by atoms with Gasteiger partial charge in [-0.05, 0) is 31.8 Å².